The average Bonchev–Trinajstić information content (AvgIpc) is 2.82. The van der Waals surface area contributed by atoms with E-state index in [1.165, 1.54) is 0 Å². The van der Waals surface area contributed by atoms with Crippen LogP contribution in [0, 0.1) is 6.92 Å². The molecule has 3 rings (SSSR count). The number of halogens is 1. The molecule has 0 radical (unpaired) electrons. The number of hydrogen-bond donors (Lipinski definition) is 1. The lowest BCUT2D eigenvalue weighted by Gasteiger charge is -1.98. The molecule has 2 N–H and O–H groups in total. The Morgan fingerprint density at radius 1 is 1.33 bits per heavy atom. The number of fused-ring (bicyclic) bond motifs is 1. The molecule has 0 unspecified atom stereocenters. The Morgan fingerprint density at radius 3 is 2.78 bits per heavy atom. The number of aryl methyl sites for hydroxylation is 1. The fraction of sp³-hybridized carbons (Fsp3) is 0.167. The molecule has 5 nitrogen and oxygen atoms in total. The molecule has 0 amide bonds. The lowest BCUT2D eigenvalue weighted by molar-refractivity contribution is 0.561. The molecule has 2 heterocycles. The fourth-order valence-corrected chi connectivity index (χ4v) is 2.11. The molecule has 0 spiro atoms. The van der Waals surface area contributed by atoms with Gasteiger partial charge in [0.05, 0.1) is 0 Å². The predicted molar refractivity (Wildman–Crippen MR) is 70.4 cm³/mol. The highest BCUT2D eigenvalue weighted by Gasteiger charge is 2.14. The third kappa shape index (κ3) is 1.55. The maximum absolute atomic E-state index is 6.18. The van der Waals surface area contributed by atoms with Crippen LogP contribution in [0.4, 0.5) is 5.95 Å². The van der Waals surface area contributed by atoms with Crippen molar-refractivity contribution in [2.75, 3.05) is 5.73 Å². The summed E-state index contributed by atoms with van der Waals surface area (Å²) in [5.74, 6) is 1.01. The van der Waals surface area contributed by atoms with E-state index in [9.17, 15) is 0 Å². The van der Waals surface area contributed by atoms with Crippen molar-refractivity contribution in [1.29, 1.82) is 0 Å². The van der Waals surface area contributed by atoms with E-state index in [1.54, 1.807) is 11.6 Å². The van der Waals surface area contributed by atoms with Crippen LogP contribution < -0.4 is 5.73 Å². The first kappa shape index (κ1) is 11.1. The molecule has 0 fully saturated rings. The minimum absolute atomic E-state index is 0.381. The number of oxazole rings is 1. The van der Waals surface area contributed by atoms with Gasteiger partial charge < -0.3 is 14.7 Å². The standard InChI is InChI=1S/C12H11ClN4O/c1-6-15-8-5-7(3-4-9(8)18-6)10-11(13)17(2)12(14)16-10/h3-5H,1-2H3,(H2,14,16). The number of benzene rings is 1. The number of hydrogen-bond acceptors (Lipinski definition) is 4. The summed E-state index contributed by atoms with van der Waals surface area (Å²) in [4.78, 5) is 8.53. The van der Waals surface area contributed by atoms with Crippen LogP contribution in [0.2, 0.25) is 5.15 Å². The van der Waals surface area contributed by atoms with E-state index in [0.717, 1.165) is 16.7 Å². The summed E-state index contributed by atoms with van der Waals surface area (Å²) in [6.45, 7) is 1.81. The number of anilines is 1. The molecule has 18 heavy (non-hydrogen) atoms. The average molecular weight is 263 g/mol. The number of rotatable bonds is 1. The van der Waals surface area contributed by atoms with Gasteiger partial charge in [-0.25, -0.2) is 9.97 Å². The van der Waals surface area contributed by atoms with Crippen LogP contribution in [0.5, 0.6) is 0 Å². The number of aromatic nitrogens is 3. The number of nitrogens with two attached hydrogens (primary N) is 1. The Kier molecular flexibility index (Phi) is 2.31. The second-order valence-corrected chi connectivity index (χ2v) is 4.44. The Bertz CT molecular complexity index is 744. The number of imidazole rings is 1. The van der Waals surface area contributed by atoms with Crippen LogP contribution >= 0.6 is 11.6 Å². The van der Waals surface area contributed by atoms with E-state index in [1.807, 2.05) is 25.1 Å². The van der Waals surface area contributed by atoms with Crippen molar-refractivity contribution in [2.45, 2.75) is 6.92 Å². The summed E-state index contributed by atoms with van der Waals surface area (Å²) in [6.07, 6.45) is 0. The van der Waals surface area contributed by atoms with Gasteiger partial charge in [0.25, 0.3) is 0 Å². The van der Waals surface area contributed by atoms with Crippen LogP contribution in [-0.4, -0.2) is 14.5 Å². The van der Waals surface area contributed by atoms with Gasteiger partial charge in [0.15, 0.2) is 11.5 Å². The largest absolute Gasteiger partial charge is 0.441 e. The molecule has 0 bridgehead atoms. The maximum atomic E-state index is 6.18. The van der Waals surface area contributed by atoms with Crippen molar-refractivity contribution < 1.29 is 4.42 Å². The third-order valence-corrected chi connectivity index (χ3v) is 3.26. The first-order valence-corrected chi connectivity index (χ1v) is 5.79. The molecule has 0 aliphatic heterocycles. The monoisotopic (exact) mass is 262 g/mol. The van der Waals surface area contributed by atoms with Crippen molar-refractivity contribution in [1.82, 2.24) is 14.5 Å². The first-order chi connectivity index (χ1) is 8.56. The second kappa shape index (κ2) is 3.74. The molecule has 0 saturated heterocycles. The third-order valence-electron chi connectivity index (χ3n) is 2.83. The fourth-order valence-electron chi connectivity index (χ4n) is 1.87. The van der Waals surface area contributed by atoms with E-state index in [4.69, 9.17) is 21.8 Å². The number of nitrogen functional groups attached to an aromatic ring is 1. The zero-order valence-electron chi connectivity index (χ0n) is 9.94. The second-order valence-electron chi connectivity index (χ2n) is 4.08. The molecule has 1 aromatic carbocycles. The van der Waals surface area contributed by atoms with Gasteiger partial charge in [-0.1, -0.05) is 11.6 Å². The molecule has 92 valence electrons. The van der Waals surface area contributed by atoms with Crippen molar-refractivity contribution in [3.8, 4) is 11.3 Å². The zero-order chi connectivity index (χ0) is 12.9. The highest BCUT2D eigenvalue weighted by Crippen LogP contribution is 2.30. The molecule has 0 atom stereocenters. The Hall–Kier alpha value is -2.01. The van der Waals surface area contributed by atoms with Crippen LogP contribution in [0.1, 0.15) is 5.89 Å². The smallest absolute Gasteiger partial charge is 0.201 e. The van der Waals surface area contributed by atoms with Gasteiger partial charge in [0.2, 0.25) is 5.95 Å². The summed E-state index contributed by atoms with van der Waals surface area (Å²) in [7, 11) is 1.77. The van der Waals surface area contributed by atoms with Crippen LogP contribution in [0.3, 0.4) is 0 Å². The van der Waals surface area contributed by atoms with Crippen LogP contribution in [-0.2, 0) is 7.05 Å². The van der Waals surface area contributed by atoms with Crippen molar-refractivity contribution >= 4 is 28.6 Å². The van der Waals surface area contributed by atoms with E-state index in [2.05, 4.69) is 9.97 Å². The zero-order valence-corrected chi connectivity index (χ0v) is 10.7. The summed E-state index contributed by atoms with van der Waals surface area (Å²) < 4.78 is 7.06. The lowest BCUT2D eigenvalue weighted by atomic mass is 10.1. The predicted octanol–water partition coefficient (Wildman–Crippen LogP) is 2.77. The van der Waals surface area contributed by atoms with Gasteiger partial charge in [-0.3, -0.25) is 0 Å². The van der Waals surface area contributed by atoms with Crippen molar-refractivity contribution in [3.63, 3.8) is 0 Å². The quantitative estimate of drug-likeness (QED) is 0.732. The van der Waals surface area contributed by atoms with Gasteiger partial charge >= 0.3 is 0 Å². The molecule has 0 aliphatic carbocycles. The Morgan fingerprint density at radius 2 is 2.11 bits per heavy atom. The molecule has 6 heteroatoms. The summed E-state index contributed by atoms with van der Waals surface area (Å²) in [6, 6.07) is 5.63. The normalized spacial score (nSPS) is 11.3. The van der Waals surface area contributed by atoms with E-state index in [-0.39, 0.29) is 0 Å². The molecule has 3 aromatic rings. The highest BCUT2D eigenvalue weighted by molar-refractivity contribution is 6.32. The molecular weight excluding hydrogens is 252 g/mol. The minimum atomic E-state index is 0.381. The van der Waals surface area contributed by atoms with E-state index in [0.29, 0.717) is 22.7 Å². The number of nitrogens with zero attached hydrogens (tertiary/aromatic N) is 3. The summed E-state index contributed by atoms with van der Waals surface area (Å²) in [5.41, 5.74) is 8.78. The molecular formula is C12H11ClN4O. The lowest BCUT2D eigenvalue weighted by Crippen LogP contribution is -1.96. The molecule has 0 saturated carbocycles. The maximum Gasteiger partial charge on any atom is 0.201 e. The van der Waals surface area contributed by atoms with Gasteiger partial charge in [-0.05, 0) is 18.2 Å². The Balaban J connectivity index is 2.21. The topological polar surface area (TPSA) is 69.9 Å². The van der Waals surface area contributed by atoms with Crippen LogP contribution in [0.25, 0.3) is 22.4 Å². The summed E-state index contributed by atoms with van der Waals surface area (Å²) >= 11 is 6.18. The van der Waals surface area contributed by atoms with Gasteiger partial charge in [-0.15, -0.1) is 0 Å². The Labute approximate surface area is 108 Å². The first-order valence-electron chi connectivity index (χ1n) is 5.41. The molecule has 2 aromatic heterocycles. The van der Waals surface area contributed by atoms with E-state index < -0.39 is 0 Å². The minimum Gasteiger partial charge on any atom is -0.441 e. The van der Waals surface area contributed by atoms with Gasteiger partial charge in [0, 0.05) is 19.5 Å². The van der Waals surface area contributed by atoms with Gasteiger partial charge in [-0.2, -0.15) is 0 Å². The highest BCUT2D eigenvalue weighted by atomic mass is 35.5. The van der Waals surface area contributed by atoms with Crippen LogP contribution in [0.15, 0.2) is 22.6 Å². The van der Waals surface area contributed by atoms with E-state index >= 15 is 0 Å². The summed E-state index contributed by atoms with van der Waals surface area (Å²) in [5, 5.41) is 0.507. The molecule has 0 aliphatic rings. The van der Waals surface area contributed by atoms with Crippen molar-refractivity contribution in [2.24, 2.45) is 7.05 Å². The SMILES string of the molecule is Cc1nc2cc(-c3nc(N)n(C)c3Cl)ccc2o1. The van der Waals surface area contributed by atoms with Crippen molar-refractivity contribution in [3.05, 3.63) is 29.2 Å². The van der Waals surface area contributed by atoms with Gasteiger partial charge in [0.1, 0.15) is 16.4 Å².